The first kappa shape index (κ1) is 24.2. The highest BCUT2D eigenvalue weighted by Crippen LogP contribution is 2.57. The van der Waals surface area contributed by atoms with Crippen LogP contribution in [0.2, 0.25) is 0 Å². The zero-order valence-electron chi connectivity index (χ0n) is 22.0. The number of benzene rings is 2. The molecule has 0 radical (unpaired) electrons. The Bertz CT molecular complexity index is 1360. The molecule has 0 aromatic heterocycles. The van der Waals surface area contributed by atoms with E-state index >= 15 is 0 Å². The van der Waals surface area contributed by atoms with Crippen molar-refractivity contribution in [2.24, 2.45) is 29.6 Å². The topological polar surface area (TPSA) is 98.8 Å². The molecule has 2 aliphatic heterocycles. The van der Waals surface area contributed by atoms with Crippen LogP contribution in [0.15, 0.2) is 36.4 Å². The lowest BCUT2D eigenvalue weighted by Crippen LogP contribution is -2.37. The van der Waals surface area contributed by atoms with Gasteiger partial charge in [0.1, 0.15) is 6.10 Å². The number of ether oxygens (including phenoxy) is 7. The predicted octanol–water partition coefficient (Wildman–Crippen LogP) is 4.17. The molecule has 9 heteroatoms. The monoisotopic (exact) mass is 534 g/mol. The number of methoxy groups -OCH3 is 3. The van der Waals surface area contributed by atoms with Crippen LogP contribution in [0.4, 0.5) is 0 Å². The molecule has 0 spiro atoms. The van der Waals surface area contributed by atoms with E-state index in [1.165, 1.54) is 0 Å². The molecule has 3 unspecified atom stereocenters. The molecule has 9 nitrogen and oxygen atoms in total. The maximum Gasteiger partial charge on any atom is 0.310 e. The summed E-state index contributed by atoms with van der Waals surface area (Å²) in [6.07, 6.45) is 5.49. The lowest BCUT2D eigenvalue weighted by molar-refractivity contribution is -0.160. The summed E-state index contributed by atoms with van der Waals surface area (Å²) in [6.45, 7) is 0.261. The minimum absolute atomic E-state index is 0.101. The molecule has 2 bridgehead atoms. The summed E-state index contributed by atoms with van der Waals surface area (Å²) in [5, 5.41) is 0. The first-order valence-corrected chi connectivity index (χ1v) is 13.3. The number of cyclic esters (lactones) is 1. The van der Waals surface area contributed by atoms with Crippen molar-refractivity contribution in [2.45, 2.75) is 24.9 Å². The van der Waals surface area contributed by atoms with Crippen LogP contribution < -0.4 is 23.7 Å². The summed E-state index contributed by atoms with van der Waals surface area (Å²) in [7, 11) is 4.66. The van der Waals surface area contributed by atoms with Crippen molar-refractivity contribution in [1.29, 1.82) is 0 Å². The highest BCUT2D eigenvalue weighted by atomic mass is 16.7. The lowest BCUT2D eigenvalue weighted by atomic mass is 9.66. The van der Waals surface area contributed by atoms with Gasteiger partial charge in [0.05, 0.1) is 39.8 Å². The molecule has 2 aromatic carbocycles. The molecule has 2 heterocycles. The van der Waals surface area contributed by atoms with Gasteiger partial charge in [-0.25, -0.2) is 0 Å². The third kappa shape index (κ3) is 3.66. The van der Waals surface area contributed by atoms with E-state index in [0.29, 0.717) is 34.7 Å². The number of esters is 2. The fourth-order valence-electron chi connectivity index (χ4n) is 7.21. The Balaban J connectivity index is 1.36. The second-order valence-electron chi connectivity index (χ2n) is 10.8. The molecular formula is C30H30O9. The van der Waals surface area contributed by atoms with Gasteiger partial charge in [-0.05, 0) is 60.1 Å². The Labute approximate surface area is 225 Å². The van der Waals surface area contributed by atoms with Crippen LogP contribution in [0.25, 0.3) is 0 Å². The standard InChI is InChI=1S/C30H30O9/c1-33-23-8-16(9-24(34-2)28(23)35-3)25-18-10-21-22(38-13-37-21)11-19(18)27(20-12-36-30(32)26(20)25)39-29(31)17-7-14-4-5-15(17)6-14/h4-5,8-11,14-15,17,20,25-27H,6-7,12-13H2,1-3H3/t14?,15?,17?,20-,25+,26+,27-/m0/s1. The zero-order valence-corrected chi connectivity index (χ0v) is 22.0. The Hall–Kier alpha value is -3.88. The van der Waals surface area contributed by atoms with Crippen molar-refractivity contribution < 1.29 is 42.7 Å². The van der Waals surface area contributed by atoms with Crippen molar-refractivity contribution in [1.82, 2.24) is 0 Å². The van der Waals surface area contributed by atoms with Crippen LogP contribution in [-0.4, -0.2) is 46.7 Å². The summed E-state index contributed by atoms with van der Waals surface area (Å²) in [5.41, 5.74) is 2.41. The average Bonchev–Trinajstić information content (AvgIpc) is 3.76. The molecule has 7 rings (SSSR count). The van der Waals surface area contributed by atoms with Gasteiger partial charge in [0, 0.05) is 17.4 Å². The minimum Gasteiger partial charge on any atom is -0.493 e. The zero-order chi connectivity index (χ0) is 26.8. The van der Waals surface area contributed by atoms with E-state index < -0.39 is 17.9 Å². The quantitative estimate of drug-likeness (QED) is 0.399. The van der Waals surface area contributed by atoms with Crippen molar-refractivity contribution in [3.05, 3.63) is 53.1 Å². The number of allylic oxidation sites excluding steroid dienone is 2. The maximum absolute atomic E-state index is 13.5. The minimum atomic E-state index is -0.653. The first-order chi connectivity index (χ1) is 19.0. The number of carbonyl (C=O) groups is 2. The van der Waals surface area contributed by atoms with Gasteiger partial charge in [-0.15, -0.1) is 0 Å². The predicted molar refractivity (Wildman–Crippen MR) is 136 cm³/mol. The van der Waals surface area contributed by atoms with E-state index in [0.717, 1.165) is 29.5 Å². The van der Waals surface area contributed by atoms with Gasteiger partial charge in [-0.3, -0.25) is 9.59 Å². The molecule has 2 fully saturated rings. The highest BCUT2D eigenvalue weighted by molar-refractivity contribution is 5.80. The number of fused-ring (bicyclic) bond motifs is 5. The molecule has 1 saturated carbocycles. The molecule has 204 valence electrons. The van der Waals surface area contributed by atoms with Gasteiger partial charge in [-0.1, -0.05) is 12.2 Å². The summed E-state index contributed by atoms with van der Waals surface area (Å²) in [5.74, 6) is 1.16. The molecular weight excluding hydrogens is 504 g/mol. The molecule has 7 atom stereocenters. The number of carbonyl (C=O) groups excluding carboxylic acids is 2. The van der Waals surface area contributed by atoms with Gasteiger partial charge in [-0.2, -0.15) is 0 Å². The van der Waals surface area contributed by atoms with Gasteiger partial charge in [0.25, 0.3) is 0 Å². The summed E-state index contributed by atoms with van der Waals surface area (Å²) in [6, 6.07) is 7.50. The lowest BCUT2D eigenvalue weighted by Gasteiger charge is -2.39. The van der Waals surface area contributed by atoms with Gasteiger partial charge >= 0.3 is 11.9 Å². The second kappa shape index (κ2) is 9.10. The van der Waals surface area contributed by atoms with Crippen molar-refractivity contribution in [3.8, 4) is 28.7 Å². The van der Waals surface area contributed by atoms with Crippen molar-refractivity contribution in [3.63, 3.8) is 0 Å². The molecule has 2 aromatic rings. The molecule has 3 aliphatic carbocycles. The summed E-state index contributed by atoms with van der Waals surface area (Å²) >= 11 is 0. The van der Waals surface area contributed by atoms with Crippen LogP contribution in [0.3, 0.4) is 0 Å². The Kier molecular flexibility index (Phi) is 5.64. The molecule has 1 saturated heterocycles. The highest BCUT2D eigenvalue weighted by Gasteiger charge is 2.55. The van der Waals surface area contributed by atoms with Crippen LogP contribution in [0.5, 0.6) is 28.7 Å². The van der Waals surface area contributed by atoms with E-state index in [9.17, 15) is 9.59 Å². The molecule has 5 aliphatic rings. The van der Waals surface area contributed by atoms with Gasteiger partial charge in [0.2, 0.25) is 12.5 Å². The van der Waals surface area contributed by atoms with Crippen LogP contribution in [0.1, 0.15) is 41.6 Å². The summed E-state index contributed by atoms with van der Waals surface area (Å²) in [4.78, 5) is 26.9. The van der Waals surface area contributed by atoms with E-state index in [-0.39, 0.29) is 43.1 Å². The molecule has 0 amide bonds. The van der Waals surface area contributed by atoms with Crippen LogP contribution in [-0.2, 0) is 19.1 Å². The third-order valence-electron chi connectivity index (χ3n) is 8.99. The Morgan fingerprint density at radius 1 is 0.872 bits per heavy atom. The molecule has 0 N–H and O–H groups in total. The van der Waals surface area contributed by atoms with Gasteiger partial charge in [0.15, 0.2) is 23.0 Å². The largest absolute Gasteiger partial charge is 0.493 e. The smallest absolute Gasteiger partial charge is 0.310 e. The van der Waals surface area contributed by atoms with E-state index in [1.54, 1.807) is 21.3 Å². The van der Waals surface area contributed by atoms with Crippen LogP contribution in [0, 0.1) is 29.6 Å². The van der Waals surface area contributed by atoms with E-state index in [2.05, 4.69) is 12.2 Å². The average molecular weight is 535 g/mol. The third-order valence-corrected chi connectivity index (χ3v) is 8.99. The van der Waals surface area contributed by atoms with Crippen molar-refractivity contribution in [2.75, 3.05) is 34.7 Å². The van der Waals surface area contributed by atoms with E-state index in [4.69, 9.17) is 33.2 Å². The second-order valence-corrected chi connectivity index (χ2v) is 10.8. The number of hydrogen-bond acceptors (Lipinski definition) is 9. The van der Waals surface area contributed by atoms with Crippen molar-refractivity contribution >= 4 is 11.9 Å². The van der Waals surface area contributed by atoms with Crippen LogP contribution >= 0.6 is 0 Å². The normalized spacial score (nSPS) is 30.9. The Morgan fingerprint density at radius 2 is 1.59 bits per heavy atom. The van der Waals surface area contributed by atoms with Gasteiger partial charge < -0.3 is 33.2 Å². The maximum atomic E-state index is 13.5. The number of rotatable bonds is 6. The fourth-order valence-corrected chi connectivity index (χ4v) is 7.21. The fraction of sp³-hybridized carbons (Fsp3) is 0.467. The molecule has 39 heavy (non-hydrogen) atoms. The van der Waals surface area contributed by atoms with E-state index in [1.807, 2.05) is 24.3 Å². The Morgan fingerprint density at radius 3 is 2.21 bits per heavy atom. The first-order valence-electron chi connectivity index (χ1n) is 13.3. The summed E-state index contributed by atoms with van der Waals surface area (Å²) < 4.78 is 40.2. The SMILES string of the molecule is COc1cc([C@@H]2c3cc4c(cc3[C@H](OC(=O)C3CC5C=CC3C5)[C@H]3COC(=O)[C@@H]23)OCO4)cc(OC)c1OC. The number of hydrogen-bond donors (Lipinski definition) is 0.